The zero-order valence-electron chi connectivity index (χ0n) is 13.5. The molecule has 1 aromatic carbocycles. The van der Waals surface area contributed by atoms with E-state index in [0.717, 1.165) is 18.7 Å². The summed E-state index contributed by atoms with van der Waals surface area (Å²) in [4.78, 5) is 10.1. The normalized spacial score (nSPS) is 16.3. The van der Waals surface area contributed by atoms with Crippen molar-refractivity contribution in [2.75, 3.05) is 20.3 Å². The van der Waals surface area contributed by atoms with Crippen LogP contribution in [-0.4, -0.2) is 33.4 Å². The van der Waals surface area contributed by atoms with Gasteiger partial charge in [0, 0.05) is 62.4 Å². The maximum atomic E-state index is 10.1. The number of benzene rings is 1. The standard InChI is InChI=1S/C11H15BO2.C5H8O2.Ar/c1-11(2)8-13-12(14-9-11)10-6-4-3-5-7-10;1-3-4-5(6)7-2;/h3-7H,8-9H2,1-2H3;3-4H,1-2H3;/b;4-3-;. The number of carbonyl (C=O) groups excluding carboxylic acids is 1. The molecular weight excluding hydrogens is 307 g/mol. The van der Waals surface area contributed by atoms with E-state index >= 15 is 0 Å². The van der Waals surface area contributed by atoms with Gasteiger partial charge < -0.3 is 14.0 Å². The summed E-state index contributed by atoms with van der Waals surface area (Å²) in [6.07, 6.45) is 2.99. The number of esters is 1. The molecule has 0 N–H and O–H groups in total. The van der Waals surface area contributed by atoms with Gasteiger partial charge in [-0.25, -0.2) is 4.79 Å². The van der Waals surface area contributed by atoms with Crippen LogP contribution >= 0.6 is 0 Å². The number of rotatable bonds is 2. The van der Waals surface area contributed by atoms with Gasteiger partial charge in [-0.3, -0.25) is 0 Å². The molecule has 1 saturated heterocycles. The zero-order valence-corrected chi connectivity index (χ0v) is 14.2. The molecule has 0 aromatic heterocycles. The first-order valence-corrected chi connectivity index (χ1v) is 6.97. The Morgan fingerprint density at radius 1 is 1.23 bits per heavy atom. The van der Waals surface area contributed by atoms with Crippen LogP contribution in [0.4, 0.5) is 0 Å². The van der Waals surface area contributed by atoms with Gasteiger partial charge in [-0.05, 0) is 12.4 Å². The molecule has 1 aromatic rings. The minimum absolute atomic E-state index is 0. The van der Waals surface area contributed by atoms with Crippen LogP contribution < -0.4 is 5.46 Å². The van der Waals surface area contributed by atoms with Gasteiger partial charge in [0.2, 0.25) is 0 Å². The SMILES string of the molecule is C/C=C\C(=O)OC.CC1(C)COB(c2ccccc2)OC1.[Ar]. The molecule has 4 nitrogen and oxygen atoms in total. The van der Waals surface area contributed by atoms with Crippen molar-refractivity contribution in [1.82, 2.24) is 0 Å². The van der Waals surface area contributed by atoms with Crippen molar-refractivity contribution in [2.24, 2.45) is 5.41 Å². The van der Waals surface area contributed by atoms with Gasteiger partial charge in [-0.2, -0.15) is 0 Å². The van der Waals surface area contributed by atoms with Crippen LogP contribution in [0, 0.1) is 43.2 Å². The van der Waals surface area contributed by atoms with E-state index in [-0.39, 0.29) is 56.2 Å². The van der Waals surface area contributed by atoms with Gasteiger partial charge in [0.25, 0.3) is 0 Å². The average molecular weight is 330 g/mol. The van der Waals surface area contributed by atoms with Gasteiger partial charge in [-0.1, -0.05) is 50.3 Å². The first-order valence-electron chi connectivity index (χ1n) is 6.97. The van der Waals surface area contributed by atoms with E-state index in [1.807, 2.05) is 30.3 Å². The quantitative estimate of drug-likeness (QED) is 0.474. The van der Waals surface area contributed by atoms with Crippen LogP contribution in [0.3, 0.4) is 0 Å². The molecule has 0 unspecified atom stereocenters. The van der Waals surface area contributed by atoms with E-state index in [4.69, 9.17) is 9.31 Å². The first-order chi connectivity index (χ1) is 9.98. The van der Waals surface area contributed by atoms with Crippen LogP contribution in [0.15, 0.2) is 42.5 Å². The molecular formula is C16H23ArBO4. The molecule has 0 bridgehead atoms. The van der Waals surface area contributed by atoms with E-state index in [1.54, 1.807) is 13.0 Å². The van der Waals surface area contributed by atoms with Gasteiger partial charge in [-0.15, -0.1) is 0 Å². The molecule has 0 aliphatic carbocycles. The Morgan fingerprint density at radius 3 is 2.18 bits per heavy atom. The van der Waals surface area contributed by atoms with Crippen LogP contribution in [-0.2, 0) is 18.8 Å². The molecule has 1 fully saturated rings. The average Bonchev–Trinajstić information content (AvgIpc) is 2.49. The van der Waals surface area contributed by atoms with Crippen LogP contribution in [0.25, 0.3) is 0 Å². The fraction of sp³-hybridized carbons (Fsp3) is 0.438. The Balaban J connectivity index is 0.000000478. The number of hydrogen-bond acceptors (Lipinski definition) is 4. The van der Waals surface area contributed by atoms with Gasteiger partial charge in [0.05, 0.1) is 7.11 Å². The Labute approximate surface area is 163 Å². The summed E-state index contributed by atoms with van der Waals surface area (Å²) in [7, 11) is 1.17. The van der Waals surface area contributed by atoms with Crippen molar-refractivity contribution < 1.29 is 56.6 Å². The molecule has 0 atom stereocenters. The monoisotopic (exact) mass is 330 g/mol. The summed E-state index contributed by atoms with van der Waals surface area (Å²) in [5.74, 6) is -0.303. The van der Waals surface area contributed by atoms with E-state index in [1.165, 1.54) is 13.2 Å². The molecule has 0 spiro atoms. The molecule has 0 radical (unpaired) electrons. The molecule has 0 amide bonds. The summed E-state index contributed by atoms with van der Waals surface area (Å²) < 4.78 is 15.6. The second kappa shape index (κ2) is 11.2. The van der Waals surface area contributed by atoms with Crippen molar-refractivity contribution in [3.63, 3.8) is 0 Å². The van der Waals surface area contributed by atoms with E-state index in [2.05, 4.69) is 18.6 Å². The molecule has 122 valence electrons. The van der Waals surface area contributed by atoms with Crippen LogP contribution in [0.2, 0.25) is 0 Å². The molecule has 2 rings (SSSR count). The Bertz CT molecular complexity index is 452. The second-order valence-corrected chi connectivity index (χ2v) is 5.55. The molecule has 1 heterocycles. The fourth-order valence-corrected chi connectivity index (χ4v) is 1.70. The van der Waals surface area contributed by atoms with Crippen LogP contribution in [0.1, 0.15) is 20.8 Å². The number of hydrogen-bond donors (Lipinski definition) is 0. The Kier molecular flexibility index (Phi) is 11.1. The van der Waals surface area contributed by atoms with E-state index in [0.29, 0.717) is 0 Å². The zero-order chi connectivity index (χ0) is 15.7. The Hall–Kier alpha value is -0.325. The van der Waals surface area contributed by atoms with Crippen LogP contribution in [0.5, 0.6) is 0 Å². The number of carbonyl (C=O) groups is 1. The maximum absolute atomic E-state index is 10.1. The maximum Gasteiger partial charge on any atom is 0.493 e. The molecule has 1 aliphatic rings. The molecule has 6 heteroatoms. The van der Waals surface area contributed by atoms with E-state index < -0.39 is 0 Å². The molecule has 1 aliphatic heterocycles. The summed E-state index contributed by atoms with van der Waals surface area (Å²) in [5.41, 5.74) is 1.24. The minimum atomic E-state index is -0.303. The first kappa shape index (κ1) is 21.7. The van der Waals surface area contributed by atoms with Crippen molar-refractivity contribution in [3.8, 4) is 0 Å². The van der Waals surface area contributed by atoms with Crippen molar-refractivity contribution in [2.45, 2.75) is 20.8 Å². The van der Waals surface area contributed by atoms with Crippen molar-refractivity contribution in [3.05, 3.63) is 42.5 Å². The summed E-state index contributed by atoms with van der Waals surface area (Å²) in [6.45, 7) is 7.57. The third-order valence-corrected chi connectivity index (χ3v) is 2.83. The predicted octanol–water partition coefficient (Wildman–Crippen LogP) is 2.19. The topological polar surface area (TPSA) is 44.8 Å². The number of ether oxygens (including phenoxy) is 1. The largest absolute Gasteiger partial charge is 0.493 e. The Morgan fingerprint density at radius 2 is 1.77 bits per heavy atom. The molecule has 22 heavy (non-hydrogen) atoms. The van der Waals surface area contributed by atoms with Crippen molar-refractivity contribution in [1.29, 1.82) is 0 Å². The minimum Gasteiger partial charge on any atom is -0.466 e. The van der Waals surface area contributed by atoms with Gasteiger partial charge in [0.15, 0.2) is 0 Å². The fourth-order valence-electron chi connectivity index (χ4n) is 1.70. The third kappa shape index (κ3) is 8.34. The molecule has 0 saturated carbocycles. The number of methoxy groups -OCH3 is 1. The van der Waals surface area contributed by atoms with Crippen molar-refractivity contribution >= 4 is 18.6 Å². The van der Waals surface area contributed by atoms with Gasteiger partial charge in [0.1, 0.15) is 0 Å². The smallest absolute Gasteiger partial charge is 0.466 e. The summed E-state index contributed by atoms with van der Waals surface area (Å²) >= 11 is 0. The third-order valence-electron chi connectivity index (χ3n) is 2.83. The predicted molar refractivity (Wildman–Crippen MR) is 84.3 cm³/mol. The number of allylic oxidation sites excluding steroid dienone is 1. The second-order valence-electron chi connectivity index (χ2n) is 5.55. The summed E-state index contributed by atoms with van der Waals surface area (Å²) in [5, 5.41) is 0. The van der Waals surface area contributed by atoms with E-state index in [9.17, 15) is 4.79 Å². The van der Waals surface area contributed by atoms with Gasteiger partial charge >= 0.3 is 13.1 Å². The summed E-state index contributed by atoms with van der Waals surface area (Å²) in [6, 6.07) is 10.1.